The zero-order chi connectivity index (χ0) is 13.9. The minimum atomic E-state index is -0.472. The summed E-state index contributed by atoms with van der Waals surface area (Å²) < 4.78 is 0. The Morgan fingerprint density at radius 1 is 1.10 bits per heavy atom. The molecule has 0 radical (unpaired) electrons. The molecule has 2 heterocycles. The van der Waals surface area contributed by atoms with Gasteiger partial charge in [-0.15, -0.1) is 0 Å². The molecule has 6 heteroatoms. The lowest BCUT2D eigenvalue weighted by atomic mass is 10.3. The van der Waals surface area contributed by atoms with Gasteiger partial charge in [-0.1, -0.05) is 12.1 Å². The molecule has 0 aliphatic heterocycles. The van der Waals surface area contributed by atoms with Crippen LogP contribution in [0, 0.1) is 0 Å². The maximum atomic E-state index is 12.0. The third-order valence-electron chi connectivity index (χ3n) is 2.75. The topological polar surface area (TPSA) is 87.7 Å². The Labute approximate surface area is 113 Å². The standard InChI is InChI=1S/C14H10N4O2/c19-13-11(6-3-7-15-13)18-14(20)12-8-16-9-4-1-2-5-10(9)17-12/h1-8H,(H,15,19)(H,18,20). The summed E-state index contributed by atoms with van der Waals surface area (Å²) in [7, 11) is 0. The normalized spacial score (nSPS) is 10.4. The number of aromatic nitrogens is 3. The molecule has 0 fully saturated rings. The van der Waals surface area contributed by atoms with E-state index >= 15 is 0 Å². The highest BCUT2D eigenvalue weighted by Gasteiger charge is 2.10. The first-order valence-corrected chi connectivity index (χ1v) is 5.95. The summed E-state index contributed by atoms with van der Waals surface area (Å²) in [5.41, 5.74) is 1.30. The van der Waals surface area contributed by atoms with Crippen molar-refractivity contribution in [2.45, 2.75) is 0 Å². The highest BCUT2D eigenvalue weighted by Crippen LogP contribution is 2.09. The van der Waals surface area contributed by atoms with Crippen LogP contribution in [0.2, 0.25) is 0 Å². The fraction of sp³-hybridized carbons (Fsp3) is 0. The molecular weight excluding hydrogens is 256 g/mol. The number of hydrogen-bond donors (Lipinski definition) is 2. The summed E-state index contributed by atoms with van der Waals surface area (Å²) in [5, 5.41) is 2.51. The number of anilines is 1. The Morgan fingerprint density at radius 3 is 2.70 bits per heavy atom. The number of H-pyrrole nitrogens is 1. The van der Waals surface area contributed by atoms with Gasteiger partial charge in [0.2, 0.25) is 0 Å². The van der Waals surface area contributed by atoms with Crippen LogP contribution in [0.3, 0.4) is 0 Å². The number of hydrogen-bond acceptors (Lipinski definition) is 4. The van der Waals surface area contributed by atoms with Crippen molar-refractivity contribution in [3.63, 3.8) is 0 Å². The second-order valence-electron chi connectivity index (χ2n) is 4.11. The molecule has 3 aromatic rings. The number of benzene rings is 1. The van der Waals surface area contributed by atoms with E-state index in [0.29, 0.717) is 11.0 Å². The maximum Gasteiger partial charge on any atom is 0.276 e. The van der Waals surface area contributed by atoms with Gasteiger partial charge in [-0.25, -0.2) is 4.98 Å². The number of fused-ring (bicyclic) bond motifs is 1. The summed E-state index contributed by atoms with van der Waals surface area (Å²) in [5.74, 6) is -0.472. The molecule has 0 saturated heterocycles. The van der Waals surface area contributed by atoms with Crippen molar-refractivity contribution >= 4 is 22.6 Å². The number of carbonyl (C=O) groups excluding carboxylic acids is 1. The molecule has 6 nitrogen and oxygen atoms in total. The van der Waals surface area contributed by atoms with Gasteiger partial charge in [0.25, 0.3) is 11.5 Å². The van der Waals surface area contributed by atoms with Crippen LogP contribution < -0.4 is 10.9 Å². The molecule has 98 valence electrons. The van der Waals surface area contributed by atoms with E-state index in [1.807, 2.05) is 18.2 Å². The summed E-state index contributed by atoms with van der Waals surface area (Å²) in [6.07, 6.45) is 2.88. The summed E-state index contributed by atoms with van der Waals surface area (Å²) in [6.45, 7) is 0. The number of aromatic amines is 1. The van der Waals surface area contributed by atoms with Gasteiger partial charge in [0.1, 0.15) is 11.4 Å². The Bertz CT molecular complexity index is 841. The average molecular weight is 266 g/mol. The largest absolute Gasteiger partial charge is 0.327 e. The number of para-hydroxylation sites is 2. The van der Waals surface area contributed by atoms with Crippen LogP contribution in [0.15, 0.2) is 53.6 Å². The fourth-order valence-electron chi connectivity index (χ4n) is 1.77. The van der Waals surface area contributed by atoms with Crippen LogP contribution >= 0.6 is 0 Å². The molecule has 2 N–H and O–H groups in total. The number of carbonyl (C=O) groups is 1. The Morgan fingerprint density at radius 2 is 1.90 bits per heavy atom. The average Bonchev–Trinajstić information content (AvgIpc) is 2.49. The zero-order valence-electron chi connectivity index (χ0n) is 10.3. The second kappa shape index (κ2) is 4.93. The summed E-state index contributed by atoms with van der Waals surface area (Å²) in [4.78, 5) is 34.4. The van der Waals surface area contributed by atoms with Crippen molar-refractivity contribution in [1.82, 2.24) is 15.0 Å². The van der Waals surface area contributed by atoms with E-state index < -0.39 is 5.91 Å². The molecule has 0 saturated carbocycles. The first kappa shape index (κ1) is 12.0. The molecular formula is C14H10N4O2. The maximum absolute atomic E-state index is 12.0. The minimum Gasteiger partial charge on any atom is -0.327 e. The van der Waals surface area contributed by atoms with Gasteiger partial charge >= 0.3 is 0 Å². The van der Waals surface area contributed by atoms with Crippen LogP contribution in [-0.2, 0) is 0 Å². The van der Waals surface area contributed by atoms with Crippen LogP contribution in [0.1, 0.15) is 10.5 Å². The van der Waals surface area contributed by atoms with Crippen molar-refractivity contribution < 1.29 is 4.79 Å². The predicted octanol–water partition coefficient (Wildman–Crippen LogP) is 1.57. The van der Waals surface area contributed by atoms with E-state index in [2.05, 4.69) is 20.3 Å². The highest BCUT2D eigenvalue weighted by atomic mass is 16.2. The molecule has 0 spiro atoms. The Kier molecular flexibility index (Phi) is 2.96. The van der Waals surface area contributed by atoms with Crippen LogP contribution in [0.4, 0.5) is 5.69 Å². The van der Waals surface area contributed by atoms with Gasteiger partial charge in [0, 0.05) is 6.20 Å². The minimum absolute atomic E-state index is 0.159. The lowest BCUT2D eigenvalue weighted by molar-refractivity contribution is 0.102. The van der Waals surface area contributed by atoms with E-state index in [9.17, 15) is 9.59 Å². The molecule has 1 aromatic carbocycles. The fourth-order valence-corrected chi connectivity index (χ4v) is 1.77. The van der Waals surface area contributed by atoms with E-state index in [1.165, 1.54) is 18.5 Å². The first-order chi connectivity index (χ1) is 9.74. The highest BCUT2D eigenvalue weighted by molar-refractivity contribution is 6.03. The SMILES string of the molecule is O=C(Nc1ccc[nH]c1=O)c1cnc2ccccc2n1. The molecule has 1 amide bonds. The second-order valence-corrected chi connectivity index (χ2v) is 4.11. The third-order valence-corrected chi connectivity index (χ3v) is 2.75. The van der Waals surface area contributed by atoms with Crippen LogP contribution in [0.25, 0.3) is 11.0 Å². The summed E-state index contributed by atoms with van der Waals surface area (Å²) in [6, 6.07) is 10.4. The molecule has 0 aliphatic rings. The zero-order valence-corrected chi connectivity index (χ0v) is 10.3. The van der Waals surface area contributed by atoms with Gasteiger partial charge in [-0.05, 0) is 24.3 Å². The van der Waals surface area contributed by atoms with E-state index in [1.54, 1.807) is 12.1 Å². The van der Waals surface area contributed by atoms with Gasteiger partial charge in [-0.3, -0.25) is 14.6 Å². The third kappa shape index (κ3) is 2.26. The number of rotatable bonds is 2. The molecule has 3 rings (SSSR count). The smallest absolute Gasteiger partial charge is 0.276 e. The molecule has 0 atom stereocenters. The number of nitrogens with one attached hydrogen (secondary N) is 2. The molecule has 2 aromatic heterocycles. The molecule has 20 heavy (non-hydrogen) atoms. The van der Waals surface area contributed by atoms with Crippen molar-refractivity contribution in [3.05, 3.63) is 64.8 Å². The monoisotopic (exact) mass is 266 g/mol. The van der Waals surface area contributed by atoms with E-state index in [-0.39, 0.29) is 16.9 Å². The van der Waals surface area contributed by atoms with Crippen LogP contribution in [0.5, 0.6) is 0 Å². The van der Waals surface area contributed by atoms with Gasteiger partial charge in [0.05, 0.1) is 17.2 Å². The van der Waals surface area contributed by atoms with Gasteiger partial charge < -0.3 is 10.3 Å². The van der Waals surface area contributed by atoms with Crippen molar-refractivity contribution in [2.75, 3.05) is 5.32 Å². The predicted molar refractivity (Wildman–Crippen MR) is 74.6 cm³/mol. The number of amides is 1. The lowest BCUT2D eigenvalue weighted by Crippen LogP contribution is -2.20. The van der Waals surface area contributed by atoms with Crippen molar-refractivity contribution in [1.29, 1.82) is 0 Å². The Balaban J connectivity index is 1.93. The summed E-state index contributed by atoms with van der Waals surface area (Å²) >= 11 is 0. The number of nitrogens with zero attached hydrogens (tertiary/aromatic N) is 2. The molecule has 0 aliphatic carbocycles. The van der Waals surface area contributed by atoms with E-state index in [4.69, 9.17) is 0 Å². The van der Waals surface area contributed by atoms with E-state index in [0.717, 1.165) is 0 Å². The molecule has 0 bridgehead atoms. The Hall–Kier alpha value is -3.02. The van der Waals surface area contributed by atoms with Crippen LogP contribution in [-0.4, -0.2) is 20.9 Å². The molecule has 0 unspecified atom stereocenters. The first-order valence-electron chi connectivity index (χ1n) is 5.95. The van der Waals surface area contributed by atoms with Gasteiger partial charge in [-0.2, -0.15) is 0 Å². The lowest BCUT2D eigenvalue weighted by Gasteiger charge is -2.04. The van der Waals surface area contributed by atoms with Crippen molar-refractivity contribution in [2.24, 2.45) is 0 Å². The number of pyridine rings is 1. The van der Waals surface area contributed by atoms with Gasteiger partial charge in [0.15, 0.2) is 0 Å². The quantitative estimate of drug-likeness (QED) is 0.737. The van der Waals surface area contributed by atoms with Crippen molar-refractivity contribution in [3.8, 4) is 0 Å².